The highest BCUT2D eigenvalue weighted by Gasteiger charge is 2.32. The molecular weight excluding hydrogens is 745 g/mol. The van der Waals surface area contributed by atoms with Gasteiger partial charge in [-0.15, -0.1) is 0 Å². The lowest BCUT2D eigenvalue weighted by atomic mass is 10.0. The maximum absolute atomic E-state index is 14.1. The van der Waals surface area contributed by atoms with E-state index in [1.807, 2.05) is 65.0 Å². The van der Waals surface area contributed by atoms with Gasteiger partial charge in [-0.3, -0.25) is 24.0 Å². The summed E-state index contributed by atoms with van der Waals surface area (Å²) in [4.78, 5) is 80.0. The monoisotopic (exact) mass is 810 g/mol. The molecule has 3 amide bonds. The van der Waals surface area contributed by atoms with Gasteiger partial charge in [-0.2, -0.15) is 0 Å². The van der Waals surface area contributed by atoms with Crippen LogP contribution in [-0.4, -0.2) is 76.6 Å². The predicted octanol–water partition coefficient (Wildman–Crippen LogP) is 5.22. The van der Waals surface area contributed by atoms with Crippen LogP contribution in [0.15, 0.2) is 54.6 Å². The van der Waals surface area contributed by atoms with Crippen LogP contribution in [0.2, 0.25) is 0 Å². The topological polar surface area (TPSA) is 201 Å². The fourth-order valence-corrected chi connectivity index (χ4v) is 5.55. The molecule has 0 heterocycles. The number of hydrogen-bond donors (Lipinski definition) is 4. The lowest BCUT2D eigenvalue weighted by Crippen LogP contribution is -2.58. The van der Waals surface area contributed by atoms with Crippen molar-refractivity contribution >= 4 is 35.6 Å². The zero-order valence-corrected chi connectivity index (χ0v) is 36.2. The van der Waals surface area contributed by atoms with Gasteiger partial charge in [0.1, 0.15) is 47.3 Å². The largest absolute Gasteiger partial charge is 0.488 e. The van der Waals surface area contributed by atoms with Crippen molar-refractivity contribution in [3.63, 3.8) is 0 Å². The third-order valence-electron chi connectivity index (χ3n) is 8.06. The molecule has 5 N–H and O–H groups in total. The number of hydrogen-bond acceptors (Lipinski definition) is 11. The molecule has 0 unspecified atom stereocenters. The first-order chi connectivity index (χ1) is 26.8. The fourth-order valence-electron chi connectivity index (χ4n) is 5.55. The summed E-state index contributed by atoms with van der Waals surface area (Å²) in [5, 5.41) is 8.14. The Balaban J connectivity index is 2.40. The Morgan fingerprint density at radius 1 is 0.603 bits per heavy atom. The summed E-state index contributed by atoms with van der Waals surface area (Å²) >= 11 is 0. The van der Waals surface area contributed by atoms with Gasteiger partial charge < -0.3 is 40.6 Å². The Hall–Kier alpha value is -4.98. The number of nitrogens with one attached hydrogen (secondary N) is 3. The summed E-state index contributed by atoms with van der Waals surface area (Å²) in [5.74, 6) is -3.39. The van der Waals surface area contributed by atoms with E-state index in [0.717, 1.165) is 5.56 Å². The molecule has 4 atom stereocenters. The highest BCUT2D eigenvalue weighted by molar-refractivity contribution is 5.94. The molecule has 2 aromatic rings. The van der Waals surface area contributed by atoms with Crippen LogP contribution >= 0.6 is 0 Å². The van der Waals surface area contributed by atoms with E-state index in [9.17, 15) is 28.8 Å². The van der Waals surface area contributed by atoms with Gasteiger partial charge >= 0.3 is 17.9 Å². The second-order valence-corrected chi connectivity index (χ2v) is 17.8. The Bertz CT molecular complexity index is 1660. The Morgan fingerprint density at radius 3 is 1.62 bits per heavy atom. The molecule has 2 rings (SSSR count). The number of carbonyl (C=O) groups is 6. The fraction of sp³-hybridized carbons (Fsp3) is 0.591. The minimum Gasteiger partial charge on any atom is -0.488 e. The number of nitrogens with two attached hydrogens (primary N) is 1. The van der Waals surface area contributed by atoms with Crippen LogP contribution < -0.4 is 26.4 Å². The molecule has 322 valence electrons. The highest BCUT2D eigenvalue weighted by atomic mass is 16.6. The maximum atomic E-state index is 14.1. The van der Waals surface area contributed by atoms with E-state index in [0.29, 0.717) is 11.3 Å². The Labute approximate surface area is 344 Å². The third kappa shape index (κ3) is 20.4. The number of esters is 3. The van der Waals surface area contributed by atoms with E-state index in [1.165, 1.54) is 0 Å². The van der Waals surface area contributed by atoms with E-state index in [4.69, 9.17) is 24.7 Å². The van der Waals surface area contributed by atoms with E-state index in [-0.39, 0.29) is 51.0 Å². The average molecular weight is 811 g/mol. The average Bonchev–Trinajstić information content (AvgIpc) is 3.09. The molecule has 0 spiro atoms. The first-order valence-corrected chi connectivity index (χ1v) is 19.9. The molecule has 0 aromatic heterocycles. The van der Waals surface area contributed by atoms with Gasteiger partial charge in [0, 0.05) is 19.3 Å². The zero-order chi connectivity index (χ0) is 43.8. The summed E-state index contributed by atoms with van der Waals surface area (Å²) < 4.78 is 22.3. The molecule has 0 fully saturated rings. The smallest absolute Gasteiger partial charge is 0.328 e. The summed E-state index contributed by atoms with van der Waals surface area (Å²) in [5.41, 5.74) is 5.61. The highest BCUT2D eigenvalue weighted by Crippen LogP contribution is 2.20. The number of benzene rings is 2. The lowest BCUT2D eigenvalue weighted by molar-refractivity contribution is -0.156. The van der Waals surface area contributed by atoms with Crippen LogP contribution in [0.3, 0.4) is 0 Å². The minimum absolute atomic E-state index is 0.00618. The van der Waals surface area contributed by atoms with Crippen LogP contribution in [0.5, 0.6) is 5.75 Å². The van der Waals surface area contributed by atoms with Gasteiger partial charge in [0.25, 0.3) is 0 Å². The molecule has 58 heavy (non-hydrogen) atoms. The molecule has 0 aliphatic heterocycles. The van der Waals surface area contributed by atoms with Crippen molar-refractivity contribution in [2.75, 3.05) is 0 Å². The van der Waals surface area contributed by atoms with Crippen LogP contribution in [0.25, 0.3) is 0 Å². The van der Waals surface area contributed by atoms with Gasteiger partial charge in [0.2, 0.25) is 17.7 Å². The van der Waals surface area contributed by atoms with Gasteiger partial charge in [0.15, 0.2) is 0 Å². The summed E-state index contributed by atoms with van der Waals surface area (Å²) in [7, 11) is 0. The third-order valence-corrected chi connectivity index (χ3v) is 8.06. The minimum atomic E-state index is -1.34. The molecule has 2 aromatic carbocycles. The Kier molecular flexibility index (Phi) is 18.9. The van der Waals surface area contributed by atoms with Crippen molar-refractivity contribution in [1.82, 2.24) is 16.0 Å². The van der Waals surface area contributed by atoms with Crippen molar-refractivity contribution in [2.45, 2.75) is 162 Å². The van der Waals surface area contributed by atoms with Crippen LogP contribution in [0.4, 0.5) is 0 Å². The predicted molar refractivity (Wildman–Crippen MR) is 220 cm³/mol. The zero-order valence-electron chi connectivity index (χ0n) is 36.2. The maximum Gasteiger partial charge on any atom is 0.328 e. The molecule has 0 saturated carbocycles. The Morgan fingerprint density at radius 2 is 1.10 bits per heavy atom. The molecule has 0 aliphatic carbocycles. The van der Waals surface area contributed by atoms with Gasteiger partial charge in [-0.1, -0.05) is 56.3 Å². The molecule has 0 bridgehead atoms. The number of rotatable bonds is 20. The van der Waals surface area contributed by atoms with Crippen molar-refractivity contribution in [1.29, 1.82) is 0 Å². The van der Waals surface area contributed by atoms with Crippen molar-refractivity contribution in [2.24, 2.45) is 11.7 Å². The normalized spacial score (nSPS) is 13.9. The second-order valence-electron chi connectivity index (χ2n) is 17.8. The molecule has 0 saturated heterocycles. The number of ether oxygens (including phenoxy) is 4. The molecule has 14 heteroatoms. The van der Waals surface area contributed by atoms with E-state index in [2.05, 4.69) is 16.0 Å². The molecule has 0 radical (unpaired) electrons. The molecule has 0 aliphatic rings. The van der Waals surface area contributed by atoms with Crippen LogP contribution in [0, 0.1) is 5.92 Å². The number of amides is 3. The van der Waals surface area contributed by atoms with Gasteiger partial charge in [-0.05, 0) is 111 Å². The summed E-state index contributed by atoms with van der Waals surface area (Å²) in [6.07, 6.45) is -0.414. The standard InChI is InChI=1S/C44H66N4O10/c1-28(2)25-35(41(54)55-27-30-15-13-12-14-16-30)48-40(53)34(26-29-17-19-31(20-18-29)56-42(3,4)5)47-39(52)33(22-24-37(50)58-44(9,10)11)46-38(51)32(45)21-23-36(49)57-43(6,7)8/h12-20,28,32-35H,21-27,45H2,1-11H3,(H,46,51)(H,47,52)(H,48,53)/t32-,33-,34-,35-/m0/s1. The first-order valence-electron chi connectivity index (χ1n) is 19.9. The van der Waals surface area contributed by atoms with Gasteiger partial charge in [0.05, 0.1) is 6.04 Å². The quantitative estimate of drug-likeness (QED) is 0.101. The van der Waals surface area contributed by atoms with Crippen molar-refractivity contribution < 1.29 is 47.7 Å². The summed E-state index contributed by atoms with van der Waals surface area (Å²) in [6.45, 7) is 19.8. The van der Waals surface area contributed by atoms with Crippen molar-refractivity contribution in [3.05, 3.63) is 65.7 Å². The van der Waals surface area contributed by atoms with E-state index in [1.54, 1.807) is 65.8 Å². The van der Waals surface area contributed by atoms with Crippen LogP contribution in [-0.2, 0) is 56.0 Å². The molecular formula is C44H66N4O10. The first kappa shape index (κ1) is 49.2. The van der Waals surface area contributed by atoms with Crippen molar-refractivity contribution in [3.8, 4) is 5.75 Å². The SMILES string of the molecule is CC(C)C[C@H](NC(=O)[C@H](Cc1ccc(OC(C)(C)C)cc1)NC(=O)[C@H](CCC(=O)OC(C)(C)C)NC(=O)[C@@H](N)CCC(=O)OC(C)(C)C)C(=O)OCc1ccccc1. The van der Waals surface area contributed by atoms with Crippen LogP contribution in [0.1, 0.15) is 119 Å². The molecule has 14 nitrogen and oxygen atoms in total. The van der Waals surface area contributed by atoms with Gasteiger partial charge in [-0.25, -0.2) is 4.79 Å². The summed E-state index contributed by atoms with van der Waals surface area (Å²) in [6, 6.07) is 11.3. The number of carbonyl (C=O) groups excluding carboxylic acids is 6. The van der Waals surface area contributed by atoms with E-state index >= 15 is 0 Å². The lowest BCUT2D eigenvalue weighted by Gasteiger charge is -2.27. The van der Waals surface area contributed by atoms with E-state index < -0.39 is 76.6 Å². The second kappa shape index (κ2) is 22.2.